The normalized spacial score (nSPS) is 11.9. The zero-order chi connectivity index (χ0) is 13.0. The molecule has 0 saturated heterocycles. The van der Waals surface area contributed by atoms with Crippen molar-refractivity contribution >= 4 is 11.9 Å². The van der Waals surface area contributed by atoms with Crippen LogP contribution in [0.2, 0.25) is 0 Å². The van der Waals surface area contributed by atoms with Crippen molar-refractivity contribution in [2.24, 2.45) is 0 Å². The lowest BCUT2D eigenvalue weighted by atomic mass is 10.3. The van der Waals surface area contributed by atoms with Crippen LogP contribution in [-0.4, -0.2) is 22.0 Å². The molecule has 18 heavy (non-hydrogen) atoms. The number of para-hydroxylation sites is 1. The number of hydrogen-bond donors (Lipinski definition) is 2. The number of nitrogens with zero attached hydrogens (tertiary/aromatic N) is 1. The van der Waals surface area contributed by atoms with Gasteiger partial charge in [-0.25, -0.2) is 9.37 Å². The zero-order valence-corrected chi connectivity index (χ0v) is 9.68. The van der Waals surface area contributed by atoms with Gasteiger partial charge in [0.1, 0.15) is 0 Å². The Bertz CT molecular complexity index is 528. The Balaban J connectivity index is 1.97. The van der Waals surface area contributed by atoms with Crippen LogP contribution in [0.15, 0.2) is 36.7 Å². The van der Waals surface area contributed by atoms with E-state index in [4.69, 9.17) is 4.74 Å². The van der Waals surface area contributed by atoms with E-state index in [9.17, 15) is 9.18 Å². The Morgan fingerprint density at radius 1 is 1.50 bits per heavy atom. The van der Waals surface area contributed by atoms with E-state index in [1.165, 1.54) is 25.3 Å². The van der Waals surface area contributed by atoms with Gasteiger partial charge >= 0.3 is 0 Å². The van der Waals surface area contributed by atoms with E-state index in [-0.39, 0.29) is 5.75 Å². The van der Waals surface area contributed by atoms with Crippen LogP contribution in [0.1, 0.15) is 6.92 Å². The third kappa shape index (κ3) is 2.85. The number of carbonyl (C=O) groups is 1. The Morgan fingerprint density at radius 2 is 2.28 bits per heavy atom. The summed E-state index contributed by atoms with van der Waals surface area (Å²) in [5.41, 5.74) is 0. The van der Waals surface area contributed by atoms with Crippen LogP contribution in [0.25, 0.3) is 0 Å². The van der Waals surface area contributed by atoms with Crippen LogP contribution >= 0.6 is 0 Å². The Morgan fingerprint density at radius 3 is 2.94 bits per heavy atom. The number of hydrogen-bond acceptors (Lipinski definition) is 3. The van der Waals surface area contributed by atoms with E-state index in [2.05, 4.69) is 15.3 Å². The monoisotopic (exact) mass is 249 g/mol. The molecule has 2 rings (SSSR count). The first-order valence-electron chi connectivity index (χ1n) is 5.38. The second kappa shape index (κ2) is 5.31. The second-order valence-corrected chi connectivity index (χ2v) is 3.62. The molecule has 0 saturated carbocycles. The molecule has 0 fully saturated rings. The molecule has 1 aromatic carbocycles. The molecule has 1 amide bonds. The maximum atomic E-state index is 13.3. The molecule has 0 aliphatic carbocycles. The van der Waals surface area contributed by atoms with Gasteiger partial charge in [0.2, 0.25) is 5.95 Å². The number of H-pyrrole nitrogens is 1. The second-order valence-electron chi connectivity index (χ2n) is 3.62. The minimum Gasteiger partial charge on any atom is -0.478 e. The van der Waals surface area contributed by atoms with Gasteiger partial charge in [0.25, 0.3) is 5.91 Å². The number of anilines is 1. The highest BCUT2D eigenvalue weighted by Crippen LogP contribution is 2.17. The van der Waals surface area contributed by atoms with Crippen molar-refractivity contribution in [3.8, 4) is 5.75 Å². The maximum Gasteiger partial charge on any atom is 0.267 e. The molecule has 2 N–H and O–H groups in total. The van der Waals surface area contributed by atoms with Gasteiger partial charge in [0, 0.05) is 12.4 Å². The molecule has 0 aliphatic rings. The molecule has 6 heteroatoms. The van der Waals surface area contributed by atoms with Gasteiger partial charge < -0.3 is 9.72 Å². The molecule has 94 valence electrons. The lowest BCUT2D eigenvalue weighted by molar-refractivity contribution is -0.122. The Kier molecular flexibility index (Phi) is 3.57. The quantitative estimate of drug-likeness (QED) is 0.870. The number of aromatic amines is 1. The summed E-state index contributed by atoms with van der Waals surface area (Å²) in [6.07, 6.45) is 2.27. The number of nitrogens with one attached hydrogen (secondary N) is 2. The van der Waals surface area contributed by atoms with Gasteiger partial charge in [0.05, 0.1) is 0 Å². The average Bonchev–Trinajstić information content (AvgIpc) is 2.84. The highest BCUT2D eigenvalue weighted by molar-refractivity contribution is 5.92. The van der Waals surface area contributed by atoms with Crippen molar-refractivity contribution in [1.29, 1.82) is 0 Å². The third-order valence-corrected chi connectivity index (χ3v) is 2.25. The van der Waals surface area contributed by atoms with Crippen molar-refractivity contribution in [1.82, 2.24) is 9.97 Å². The minimum atomic E-state index is -0.827. The van der Waals surface area contributed by atoms with Gasteiger partial charge in [-0.1, -0.05) is 12.1 Å². The van der Waals surface area contributed by atoms with Crippen molar-refractivity contribution < 1.29 is 13.9 Å². The van der Waals surface area contributed by atoms with Crippen molar-refractivity contribution in [3.05, 3.63) is 42.5 Å². The first kappa shape index (κ1) is 12.1. The van der Waals surface area contributed by atoms with E-state index in [0.29, 0.717) is 5.95 Å². The average molecular weight is 249 g/mol. The first-order valence-corrected chi connectivity index (χ1v) is 5.38. The predicted octanol–water partition coefficient (Wildman–Crippen LogP) is 1.95. The smallest absolute Gasteiger partial charge is 0.267 e. The topological polar surface area (TPSA) is 67.0 Å². The number of imidazole rings is 1. The zero-order valence-electron chi connectivity index (χ0n) is 9.68. The van der Waals surface area contributed by atoms with Gasteiger partial charge in [-0.2, -0.15) is 0 Å². The number of halogens is 1. The predicted molar refractivity (Wildman–Crippen MR) is 63.7 cm³/mol. The minimum absolute atomic E-state index is 0.0413. The summed E-state index contributed by atoms with van der Waals surface area (Å²) >= 11 is 0. The number of rotatable bonds is 4. The Labute approximate surface area is 103 Å². The molecule has 1 atom stereocenters. The van der Waals surface area contributed by atoms with Crippen LogP contribution in [0.3, 0.4) is 0 Å². The molecule has 5 nitrogen and oxygen atoms in total. The molecular formula is C12H12FN3O2. The first-order chi connectivity index (χ1) is 8.66. The molecule has 0 spiro atoms. The molecule has 2 aromatic rings. The SMILES string of the molecule is CC(Oc1ccccc1F)C(=O)Nc1ncc[nH]1. The lowest BCUT2D eigenvalue weighted by Gasteiger charge is -2.14. The maximum absolute atomic E-state index is 13.3. The molecule has 0 aliphatic heterocycles. The molecule has 0 bridgehead atoms. The Hall–Kier alpha value is -2.37. The van der Waals surface area contributed by atoms with Gasteiger partial charge in [-0.3, -0.25) is 10.1 Å². The highest BCUT2D eigenvalue weighted by atomic mass is 19.1. The van der Waals surface area contributed by atoms with Gasteiger partial charge in [-0.05, 0) is 19.1 Å². The molecular weight excluding hydrogens is 237 g/mol. The van der Waals surface area contributed by atoms with Crippen LogP contribution in [-0.2, 0) is 4.79 Å². The van der Waals surface area contributed by atoms with E-state index in [0.717, 1.165) is 0 Å². The fraction of sp³-hybridized carbons (Fsp3) is 0.167. The summed E-state index contributed by atoms with van der Waals surface area (Å²) < 4.78 is 18.5. The van der Waals surface area contributed by atoms with Gasteiger partial charge in [0.15, 0.2) is 17.7 Å². The molecule has 0 radical (unpaired) electrons. The van der Waals surface area contributed by atoms with E-state index in [1.54, 1.807) is 18.3 Å². The van der Waals surface area contributed by atoms with Gasteiger partial charge in [-0.15, -0.1) is 0 Å². The van der Waals surface area contributed by atoms with Crippen molar-refractivity contribution in [3.63, 3.8) is 0 Å². The summed E-state index contributed by atoms with van der Waals surface area (Å²) in [6.45, 7) is 1.53. The third-order valence-electron chi connectivity index (χ3n) is 2.25. The number of carbonyl (C=O) groups excluding carboxylic acids is 1. The molecule has 1 unspecified atom stereocenters. The van der Waals surface area contributed by atoms with Crippen LogP contribution in [0, 0.1) is 5.82 Å². The van der Waals surface area contributed by atoms with Crippen molar-refractivity contribution in [2.45, 2.75) is 13.0 Å². The summed E-state index contributed by atoms with van der Waals surface area (Å²) in [5.74, 6) is -0.549. The molecule has 1 heterocycles. The van der Waals surface area contributed by atoms with E-state index < -0.39 is 17.8 Å². The van der Waals surface area contributed by atoms with E-state index in [1.807, 2.05) is 0 Å². The molecule has 1 aromatic heterocycles. The van der Waals surface area contributed by atoms with Crippen LogP contribution in [0.5, 0.6) is 5.75 Å². The fourth-order valence-corrected chi connectivity index (χ4v) is 1.34. The number of amides is 1. The van der Waals surface area contributed by atoms with Crippen LogP contribution < -0.4 is 10.1 Å². The summed E-state index contributed by atoms with van der Waals surface area (Å²) in [4.78, 5) is 18.3. The summed E-state index contributed by atoms with van der Waals surface area (Å²) in [7, 11) is 0. The standard InChI is InChI=1S/C12H12FN3O2/c1-8(11(17)16-12-14-6-7-15-12)18-10-5-3-2-4-9(10)13/h2-8H,1H3,(H2,14,15,16,17). The van der Waals surface area contributed by atoms with E-state index >= 15 is 0 Å². The fourth-order valence-electron chi connectivity index (χ4n) is 1.34. The lowest BCUT2D eigenvalue weighted by Crippen LogP contribution is -2.30. The summed E-state index contributed by atoms with van der Waals surface area (Å²) in [5, 5.41) is 2.51. The van der Waals surface area contributed by atoms with Crippen molar-refractivity contribution in [2.75, 3.05) is 5.32 Å². The summed E-state index contributed by atoms with van der Waals surface area (Å²) in [6, 6.07) is 5.92. The highest BCUT2D eigenvalue weighted by Gasteiger charge is 2.17. The van der Waals surface area contributed by atoms with Crippen LogP contribution in [0.4, 0.5) is 10.3 Å². The number of aromatic nitrogens is 2. The largest absolute Gasteiger partial charge is 0.478 e. The number of benzene rings is 1. The number of ether oxygens (including phenoxy) is 1.